The van der Waals surface area contributed by atoms with Gasteiger partial charge >= 0.3 is 0 Å². The molecule has 0 atom stereocenters. The van der Waals surface area contributed by atoms with Crippen molar-refractivity contribution in [2.45, 2.75) is 4.90 Å². The maximum atomic E-state index is 12.6. The molecule has 3 aromatic rings. The summed E-state index contributed by atoms with van der Waals surface area (Å²) in [5, 5.41) is 3.91. The Bertz CT molecular complexity index is 1160. The van der Waals surface area contributed by atoms with E-state index < -0.39 is 15.9 Å². The van der Waals surface area contributed by atoms with E-state index in [1.54, 1.807) is 24.3 Å². The van der Waals surface area contributed by atoms with Gasteiger partial charge in [-0.25, -0.2) is 13.8 Å². The number of hydrogen-bond acceptors (Lipinski definition) is 5. The van der Waals surface area contributed by atoms with Gasteiger partial charge in [0.05, 0.1) is 18.2 Å². The average Bonchev–Trinajstić information content (AvgIpc) is 2.75. The molecule has 0 fully saturated rings. The lowest BCUT2D eigenvalue weighted by Gasteiger charge is -2.09. The largest absolute Gasteiger partial charge is 0.497 e. The molecule has 0 aromatic heterocycles. The van der Waals surface area contributed by atoms with Gasteiger partial charge in [0.15, 0.2) is 0 Å². The van der Waals surface area contributed by atoms with Gasteiger partial charge in [-0.05, 0) is 60.2 Å². The van der Waals surface area contributed by atoms with Crippen LogP contribution >= 0.6 is 15.9 Å². The minimum atomic E-state index is -3.87. The van der Waals surface area contributed by atoms with Gasteiger partial charge in [0.1, 0.15) is 5.75 Å². The van der Waals surface area contributed by atoms with Crippen molar-refractivity contribution in [1.82, 2.24) is 5.43 Å². The molecule has 0 heterocycles. The van der Waals surface area contributed by atoms with Crippen molar-refractivity contribution in [3.63, 3.8) is 0 Å². The van der Waals surface area contributed by atoms with Crippen LogP contribution in [0.1, 0.15) is 15.9 Å². The van der Waals surface area contributed by atoms with Gasteiger partial charge in [0.2, 0.25) is 0 Å². The van der Waals surface area contributed by atoms with Gasteiger partial charge < -0.3 is 4.74 Å². The second-order valence-electron chi connectivity index (χ2n) is 6.11. The Morgan fingerprint density at radius 1 is 1.03 bits per heavy atom. The fraction of sp³-hybridized carbons (Fsp3) is 0.0476. The van der Waals surface area contributed by atoms with Crippen LogP contribution in [0, 0.1) is 0 Å². The molecule has 0 aliphatic carbocycles. The number of nitrogens with zero attached hydrogens (tertiary/aromatic N) is 1. The predicted molar refractivity (Wildman–Crippen MR) is 119 cm³/mol. The highest BCUT2D eigenvalue weighted by atomic mass is 79.9. The van der Waals surface area contributed by atoms with Gasteiger partial charge in [-0.2, -0.15) is 5.10 Å². The molecule has 9 heteroatoms. The highest BCUT2D eigenvalue weighted by Crippen LogP contribution is 2.20. The molecule has 0 bridgehead atoms. The van der Waals surface area contributed by atoms with E-state index in [2.05, 4.69) is 31.2 Å². The third-order valence-electron chi connectivity index (χ3n) is 4.00. The van der Waals surface area contributed by atoms with Crippen LogP contribution in [0.2, 0.25) is 0 Å². The number of carbonyl (C=O) groups excluding carboxylic acids is 1. The summed E-state index contributed by atoms with van der Waals surface area (Å²) in [5.74, 6) is 0.0881. The van der Waals surface area contributed by atoms with Gasteiger partial charge in [-0.3, -0.25) is 9.52 Å². The molecule has 1 amide bonds. The second-order valence-corrected chi connectivity index (χ2v) is 8.71. The highest BCUT2D eigenvalue weighted by molar-refractivity contribution is 9.10. The maximum Gasteiger partial charge on any atom is 0.271 e. The molecule has 0 unspecified atom stereocenters. The zero-order valence-corrected chi connectivity index (χ0v) is 18.3. The molecule has 0 saturated heterocycles. The molecule has 0 aliphatic rings. The summed E-state index contributed by atoms with van der Waals surface area (Å²) in [4.78, 5) is 12.3. The summed E-state index contributed by atoms with van der Waals surface area (Å²) in [6.45, 7) is 0. The molecular weight excluding hydrogens is 470 g/mol. The number of halogens is 1. The molecule has 154 valence electrons. The SMILES string of the molecule is COc1ccc(NS(=O)(=O)c2cccc(C(=O)N/N=C\c3ccc(Br)cc3)c2)cc1. The zero-order chi connectivity index (χ0) is 21.6. The third kappa shape index (κ3) is 5.68. The van der Waals surface area contributed by atoms with Crippen LogP contribution in [0.25, 0.3) is 0 Å². The van der Waals surface area contributed by atoms with Gasteiger partial charge in [-0.15, -0.1) is 0 Å². The van der Waals surface area contributed by atoms with E-state index in [-0.39, 0.29) is 10.5 Å². The number of benzene rings is 3. The van der Waals surface area contributed by atoms with Crippen LogP contribution in [0.3, 0.4) is 0 Å². The topological polar surface area (TPSA) is 96.9 Å². The number of hydrogen-bond donors (Lipinski definition) is 2. The van der Waals surface area contributed by atoms with E-state index in [4.69, 9.17) is 4.74 Å². The molecule has 30 heavy (non-hydrogen) atoms. The minimum absolute atomic E-state index is 0.0390. The van der Waals surface area contributed by atoms with Crippen LogP contribution in [-0.4, -0.2) is 27.6 Å². The minimum Gasteiger partial charge on any atom is -0.497 e. The average molecular weight is 488 g/mol. The third-order valence-corrected chi connectivity index (χ3v) is 5.91. The number of anilines is 1. The summed E-state index contributed by atoms with van der Waals surface area (Å²) in [6, 6.07) is 19.5. The van der Waals surface area contributed by atoms with Crippen LogP contribution in [0.15, 0.2) is 87.3 Å². The summed E-state index contributed by atoms with van der Waals surface area (Å²) in [7, 11) is -2.34. The Morgan fingerprint density at radius 3 is 2.40 bits per heavy atom. The first-order chi connectivity index (χ1) is 14.4. The molecule has 2 N–H and O–H groups in total. The number of methoxy groups -OCH3 is 1. The van der Waals surface area contributed by atoms with E-state index in [0.717, 1.165) is 10.0 Å². The zero-order valence-electron chi connectivity index (χ0n) is 15.9. The Kier molecular flexibility index (Phi) is 6.86. The monoisotopic (exact) mass is 487 g/mol. The lowest BCUT2D eigenvalue weighted by molar-refractivity contribution is 0.0955. The van der Waals surface area contributed by atoms with E-state index in [0.29, 0.717) is 11.4 Å². The first-order valence-corrected chi connectivity index (χ1v) is 11.0. The number of ether oxygens (including phenoxy) is 1. The first-order valence-electron chi connectivity index (χ1n) is 8.73. The van der Waals surface area contributed by atoms with Crippen molar-refractivity contribution in [2.24, 2.45) is 5.10 Å². The highest BCUT2D eigenvalue weighted by Gasteiger charge is 2.16. The molecule has 0 aliphatic heterocycles. The van der Waals surface area contributed by atoms with Crippen LogP contribution in [0.4, 0.5) is 5.69 Å². The van der Waals surface area contributed by atoms with Crippen molar-refractivity contribution < 1.29 is 17.9 Å². The number of sulfonamides is 1. The van der Waals surface area contributed by atoms with Crippen LogP contribution < -0.4 is 14.9 Å². The smallest absolute Gasteiger partial charge is 0.271 e. The number of carbonyl (C=O) groups is 1. The molecule has 7 nitrogen and oxygen atoms in total. The molecule has 0 spiro atoms. The van der Waals surface area contributed by atoms with Crippen LogP contribution in [0.5, 0.6) is 5.75 Å². The van der Waals surface area contributed by atoms with Gasteiger partial charge in [-0.1, -0.05) is 34.1 Å². The van der Waals surface area contributed by atoms with Crippen molar-refractivity contribution in [1.29, 1.82) is 0 Å². The lowest BCUT2D eigenvalue weighted by atomic mass is 10.2. The van der Waals surface area contributed by atoms with Crippen molar-refractivity contribution in [3.05, 3.63) is 88.4 Å². The second kappa shape index (κ2) is 9.55. The Balaban J connectivity index is 1.70. The van der Waals surface area contributed by atoms with Gasteiger partial charge in [0, 0.05) is 15.7 Å². The van der Waals surface area contributed by atoms with Crippen LogP contribution in [-0.2, 0) is 10.0 Å². The van der Waals surface area contributed by atoms with Crippen molar-refractivity contribution >= 4 is 43.8 Å². The van der Waals surface area contributed by atoms with E-state index in [9.17, 15) is 13.2 Å². The molecule has 3 rings (SSSR count). The van der Waals surface area contributed by atoms with Crippen molar-refractivity contribution in [3.8, 4) is 5.75 Å². The number of hydrazone groups is 1. The Hall–Kier alpha value is -3.17. The maximum absolute atomic E-state index is 12.6. The van der Waals surface area contributed by atoms with E-state index in [1.807, 2.05) is 24.3 Å². The number of amides is 1. The van der Waals surface area contributed by atoms with E-state index in [1.165, 1.54) is 37.6 Å². The fourth-order valence-corrected chi connectivity index (χ4v) is 3.82. The summed E-state index contributed by atoms with van der Waals surface area (Å²) < 4.78 is 33.8. The fourth-order valence-electron chi connectivity index (χ4n) is 2.46. The molecule has 0 radical (unpaired) electrons. The molecular formula is C21H18BrN3O4S. The Labute approximate surface area is 183 Å². The number of nitrogens with one attached hydrogen (secondary N) is 2. The number of rotatable bonds is 7. The van der Waals surface area contributed by atoms with Crippen molar-refractivity contribution in [2.75, 3.05) is 11.8 Å². The molecule has 3 aromatic carbocycles. The summed E-state index contributed by atoms with van der Waals surface area (Å²) in [5.41, 5.74) is 3.74. The quantitative estimate of drug-likeness (QED) is 0.388. The standard InChI is InChI=1S/C21H18BrN3O4S/c1-29-19-11-9-18(10-12-19)25-30(27,28)20-4-2-3-16(13-20)21(26)24-23-14-15-5-7-17(22)8-6-15/h2-14,25H,1H3,(H,24,26)/b23-14-. The Morgan fingerprint density at radius 2 is 1.73 bits per heavy atom. The summed E-state index contributed by atoms with van der Waals surface area (Å²) in [6.07, 6.45) is 1.50. The van der Waals surface area contributed by atoms with E-state index >= 15 is 0 Å². The lowest BCUT2D eigenvalue weighted by Crippen LogP contribution is -2.19. The van der Waals surface area contributed by atoms with Gasteiger partial charge in [0.25, 0.3) is 15.9 Å². The predicted octanol–water partition coefficient (Wildman–Crippen LogP) is 4.02. The summed E-state index contributed by atoms with van der Waals surface area (Å²) >= 11 is 3.34. The normalized spacial score (nSPS) is 11.3. The first kappa shape index (κ1) is 21.5. The molecule has 0 saturated carbocycles.